The minimum Gasteiger partial charge on any atom is -1.00 e. The monoisotopic (exact) mass is 426 g/mol. The van der Waals surface area contributed by atoms with E-state index in [4.69, 9.17) is 0 Å². The highest BCUT2D eigenvalue weighted by Gasteiger charge is 2.52. The molecular formula is C18H15ClO4S3. The molecule has 0 bridgehead atoms. The van der Waals surface area contributed by atoms with Crippen molar-refractivity contribution < 1.29 is 29.2 Å². The van der Waals surface area contributed by atoms with Gasteiger partial charge in [0.15, 0.2) is 4.90 Å². The van der Waals surface area contributed by atoms with Crippen LogP contribution >= 0.6 is 0 Å². The summed E-state index contributed by atoms with van der Waals surface area (Å²) < 4.78 is 52.7. The van der Waals surface area contributed by atoms with Crippen LogP contribution in [0.4, 0.5) is 0 Å². The molecule has 0 amide bonds. The number of halogens is 1. The van der Waals surface area contributed by atoms with Gasteiger partial charge in [-0.1, -0.05) is 54.6 Å². The van der Waals surface area contributed by atoms with Crippen LogP contribution in [0, 0.1) is 0 Å². The summed E-state index contributed by atoms with van der Waals surface area (Å²) in [6, 6.07) is 23.4. The van der Waals surface area contributed by atoms with Crippen LogP contribution in [0.15, 0.2) is 106 Å². The zero-order chi connectivity index (χ0) is 17.9. The van der Waals surface area contributed by atoms with Gasteiger partial charge in [-0.25, -0.2) is 0 Å². The van der Waals surface area contributed by atoms with Crippen LogP contribution in [-0.4, -0.2) is 16.8 Å². The summed E-state index contributed by atoms with van der Waals surface area (Å²) in [5, 5.41) is 0. The van der Waals surface area contributed by atoms with E-state index in [-0.39, 0.29) is 27.1 Å². The van der Waals surface area contributed by atoms with Crippen molar-refractivity contribution >= 4 is 26.7 Å². The molecule has 3 aromatic rings. The van der Waals surface area contributed by atoms with E-state index in [1.165, 1.54) is 36.4 Å². The highest BCUT2D eigenvalue weighted by Crippen LogP contribution is 2.35. The lowest BCUT2D eigenvalue weighted by Crippen LogP contribution is -3.00. The van der Waals surface area contributed by atoms with Gasteiger partial charge in [0.05, 0.1) is 0 Å². The Morgan fingerprint density at radius 1 is 0.500 bits per heavy atom. The van der Waals surface area contributed by atoms with Crippen LogP contribution in [0.25, 0.3) is 0 Å². The maximum atomic E-state index is 13.2. The first kappa shape index (κ1) is 20.5. The average Bonchev–Trinajstić information content (AvgIpc) is 2.64. The summed E-state index contributed by atoms with van der Waals surface area (Å²) in [4.78, 5) is 0.221. The first-order chi connectivity index (χ1) is 11.9. The van der Waals surface area contributed by atoms with Gasteiger partial charge in [-0.15, -0.1) is 0 Å². The quantitative estimate of drug-likeness (QED) is 0.438. The van der Waals surface area contributed by atoms with Crippen LogP contribution < -0.4 is 12.4 Å². The number of rotatable bonds is 5. The minimum atomic E-state index is -4.12. The Morgan fingerprint density at radius 2 is 0.808 bits per heavy atom. The number of benzene rings is 3. The van der Waals surface area contributed by atoms with Gasteiger partial charge < -0.3 is 12.4 Å². The lowest BCUT2D eigenvalue weighted by molar-refractivity contribution is -0.00000939. The second-order valence-corrected chi connectivity index (χ2v) is 14.0. The zero-order valence-corrected chi connectivity index (χ0v) is 16.6. The lowest BCUT2D eigenvalue weighted by atomic mass is 10.4. The van der Waals surface area contributed by atoms with Crippen molar-refractivity contribution in [3.63, 3.8) is 0 Å². The Kier molecular flexibility index (Phi) is 6.52. The third-order valence-corrected chi connectivity index (χ3v) is 14.5. The molecule has 0 aliphatic heterocycles. The first-order valence-electron chi connectivity index (χ1n) is 7.34. The molecule has 0 unspecified atom stereocenters. The van der Waals surface area contributed by atoms with Crippen LogP contribution in [0.2, 0.25) is 0 Å². The van der Waals surface area contributed by atoms with Gasteiger partial charge in [-0.2, -0.15) is 16.8 Å². The summed E-state index contributed by atoms with van der Waals surface area (Å²) in [6.07, 6.45) is 0. The molecular weight excluding hydrogens is 412 g/mol. The van der Waals surface area contributed by atoms with Gasteiger partial charge in [0.1, 0.15) is 9.79 Å². The molecule has 0 N–H and O–H groups in total. The standard InChI is InChI=1S/C18H15O4S3.ClH/c19-24(20,17-12-6-2-7-13-17)23(16-10-4-1-5-11-16)25(21,22)18-14-8-3-9-15-18;/h1-15H;1H/q+1;/p-1. The van der Waals surface area contributed by atoms with Crippen LogP contribution in [0.3, 0.4) is 0 Å². The summed E-state index contributed by atoms with van der Waals surface area (Å²) >= 11 is 0. The maximum absolute atomic E-state index is 13.2. The summed E-state index contributed by atoms with van der Waals surface area (Å²) in [5.41, 5.74) is 0. The number of hydrogen-bond acceptors (Lipinski definition) is 4. The molecule has 26 heavy (non-hydrogen) atoms. The molecule has 0 heterocycles. The molecule has 0 aliphatic carbocycles. The topological polar surface area (TPSA) is 68.3 Å². The molecule has 0 spiro atoms. The van der Waals surface area contributed by atoms with Gasteiger partial charge in [0, 0.05) is 0 Å². The van der Waals surface area contributed by atoms with E-state index in [0.29, 0.717) is 0 Å². The van der Waals surface area contributed by atoms with Crippen molar-refractivity contribution in [2.45, 2.75) is 14.7 Å². The maximum Gasteiger partial charge on any atom is 0.367 e. The predicted molar refractivity (Wildman–Crippen MR) is 99.3 cm³/mol. The Bertz CT molecular complexity index is 984. The molecule has 0 radical (unpaired) electrons. The van der Waals surface area contributed by atoms with Gasteiger partial charge >= 0.3 is 17.7 Å². The fourth-order valence-electron chi connectivity index (χ4n) is 2.25. The molecule has 0 atom stereocenters. The molecule has 136 valence electrons. The van der Waals surface area contributed by atoms with Crippen LogP contribution in [0.1, 0.15) is 0 Å². The summed E-state index contributed by atoms with van der Waals surface area (Å²) in [7, 11) is -10.3. The Hall–Kier alpha value is -1.80. The van der Waals surface area contributed by atoms with Crippen molar-refractivity contribution in [2.24, 2.45) is 0 Å². The molecule has 0 saturated carbocycles. The van der Waals surface area contributed by atoms with Gasteiger partial charge in [-0.05, 0) is 36.4 Å². The third kappa shape index (κ3) is 3.96. The molecule has 4 nitrogen and oxygen atoms in total. The van der Waals surface area contributed by atoms with Crippen molar-refractivity contribution in [1.29, 1.82) is 0 Å². The minimum absolute atomic E-state index is 0. The summed E-state index contributed by atoms with van der Waals surface area (Å²) in [5.74, 6) is 0. The molecule has 0 aliphatic rings. The smallest absolute Gasteiger partial charge is 0.367 e. The van der Waals surface area contributed by atoms with Crippen molar-refractivity contribution in [3.05, 3.63) is 91.0 Å². The van der Waals surface area contributed by atoms with E-state index in [0.717, 1.165) is 0 Å². The second-order valence-electron chi connectivity index (χ2n) is 5.08. The Labute approximate surface area is 161 Å². The van der Waals surface area contributed by atoms with Gasteiger partial charge in [-0.3, -0.25) is 0 Å². The van der Waals surface area contributed by atoms with E-state index in [9.17, 15) is 16.8 Å². The van der Waals surface area contributed by atoms with E-state index >= 15 is 0 Å². The molecule has 3 rings (SSSR count). The highest BCUT2D eigenvalue weighted by atomic mass is 35.5. The molecule has 0 fully saturated rings. The van der Waals surface area contributed by atoms with Gasteiger partial charge in [0.2, 0.25) is 0 Å². The van der Waals surface area contributed by atoms with Crippen LogP contribution in [-0.2, 0) is 26.7 Å². The predicted octanol–water partition coefficient (Wildman–Crippen LogP) is 0.446. The Balaban J connectivity index is 0.00000243. The zero-order valence-electron chi connectivity index (χ0n) is 13.4. The van der Waals surface area contributed by atoms with E-state index < -0.39 is 26.7 Å². The number of hydrogen-bond donors (Lipinski definition) is 0. The largest absolute Gasteiger partial charge is 1.00 e. The molecule has 3 aromatic carbocycles. The third-order valence-electron chi connectivity index (χ3n) is 3.40. The van der Waals surface area contributed by atoms with Crippen molar-refractivity contribution in [1.82, 2.24) is 0 Å². The fraction of sp³-hybridized carbons (Fsp3) is 0. The summed E-state index contributed by atoms with van der Waals surface area (Å²) in [6.45, 7) is 0. The molecule has 8 heteroatoms. The van der Waals surface area contributed by atoms with E-state index in [2.05, 4.69) is 0 Å². The van der Waals surface area contributed by atoms with Crippen molar-refractivity contribution in [2.75, 3.05) is 0 Å². The van der Waals surface area contributed by atoms with E-state index in [1.807, 2.05) is 0 Å². The van der Waals surface area contributed by atoms with Gasteiger partial charge in [0.25, 0.3) is 8.96 Å². The fourth-order valence-corrected chi connectivity index (χ4v) is 12.9. The second kappa shape index (κ2) is 8.26. The average molecular weight is 427 g/mol. The normalized spacial score (nSPS) is 11.7. The van der Waals surface area contributed by atoms with Crippen molar-refractivity contribution in [3.8, 4) is 0 Å². The van der Waals surface area contributed by atoms with Crippen LogP contribution in [0.5, 0.6) is 0 Å². The van der Waals surface area contributed by atoms with E-state index in [1.54, 1.807) is 54.6 Å². The molecule has 0 aromatic heterocycles. The highest BCUT2D eigenvalue weighted by molar-refractivity contribution is 9.01. The molecule has 0 saturated heterocycles. The lowest BCUT2D eigenvalue weighted by Gasteiger charge is -2.09. The first-order valence-corrected chi connectivity index (χ1v) is 12.6. The SMILES string of the molecule is O=S(=O)(c1ccccc1)[S+](c1ccccc1)S(=O)(=O)c1ccccc1.[Cl-]. The Morgan fingerprint density at radius 3 is 1.15 bits per heavy atom.